The second-order valence-electron chi connectivity index (χ2n) is 6.00. The first-order valence-corrected chi connectivity index (χ1v) is 9.11. The maximum absolute atomic E-state index is 12.2. The van der Waals surface area contributed by atoms with E-state index in [9.17, 15) is 19.5 Å². The molecule has 3 N–H and O–H groups in total. The standard InChI is InChI=1S/C17H18N6O4S/c1-9(14(25)21-18-8-10-6-4-5-7-11(10)24)28-16-19-12-13(20-16)22(2)17(27)23(3)15(12)26/h4-9,24H,1-3H3,(H,19,20)(H,21,25). The molecule has 1 aromatic carbocycles. The number of carbonyl (C=O) groups is 1. The van der Waals surface area contributed by atoms with Crippen molar-refractivity contribution in [2.24, 2.45) is 19.2 Å². The van der Waals surface area contributed by atoms with Crippen molar-refractivity contribution in [2.75, 3.05) is 0 Å². The van der Waals surface area contributed by atoms with Crippen LogP contribution in [-0.2, 0) is 18.9 Å². The van der Waals surface area contributed by atoms with Crippen LogP contribution in [0.25, 0.3) is 11.2 Å². The second kappa shape index (κ2) is 7.72. The van der Waals surface area contributed by atoms with Crippen LogP contribution in [0.3, 0.4) is 0 Å². The Morgan fingerprint density at radius 3 is 2.75 bits per heavy atom. The normalized spacial score (nSPS) is 12.5. The van der Waals surface area contributed by atoms with Crippen LogP contribution < -0.4 is 16.7 Å². The third-order valence-corrected chi connectivity index (χ3v) is 5.03. The molecule has 0 aliphatic carbocycles. The van der Waals surface area contributed by atoms with E-state index in [0.29, 0.717) is 10.7 Å². The fraction of sp³-hybridized carbons (Fsp3) is 0.235. The van der Waals surface area contributed by atoms with Gasteiger partial charge in [0.05, 0.1) is 11.5 Å². The summed E-state index contributed by atoms with van der Waals surface area (Å²) in [7, 11) is 2.90. The van der Waals surface area contributed by atoms with Crippen molar-refractivity contribution in [1.82, 2.24) is 24.5 Å². The summed E-state index contributed by atoms with van der Waals surface area (Å²) in [5.41, 5.74) is 2.31. The zero-order valence-electron chi connectivity index (χ0n) is 15.3. The van der Waals surface area contributed by atoms with Crippen molar-refractivity contribution in [3.8, 4) is 5.75 Å². The first-order valence-electron chi connectivity index (χ1n) is 8.23. The first kappa shape index (κ1) is 19.4. The van der Waals surface area contributed by atoms with Gasteiger partial charge in [-0.25, -0.2) is 15.2 Å². The molecular formula is C17H18N6O4S. The number of hydrogen-bond acceptors (Lipinski definition) is 7. The summed E-state index contributed by atoms with van der Waals surface area (Å²) >= 11 is 1.09. The number of amides is 1. The molecule has 0 saturated carbocycles. The number of phenolic OH excluding ortho intramolecular Hbond substituents is 1. The number of rotatable bonds is 5. The van der Waals surface area contributed by atoms with Crippen molar-refractivity contribution in [2.45, 2.75) is 17.3 Å². The molecule has 10 nitrogen and oxygen atoms in total. The minimum absolute atomic E-state index is 0.0531. The van der Waals surface area contributed by atoms with Gasteiger partial charge in [-0.3, -0.25) is 18.7 Å². The molecule has 0 bridgehead atoms. The van der Waals surface area contributed by atoms with E-state index in [1.165, 1.54) is 30.9 Å². The fourth-order valence-corrected chi connectivity index (χ4v) is 3.23. The van der Waals surface area contributed by atoms with Crippen LogP contribution in [0.15, 0.2) is 44.1 Å². The molecule has 146 valence electrons. The highest BCUT2D eigenvalue weighted by Gasteiger charge is 2.19. The molecule has 0 fully saturated rings. The number of fused-ring (bicyclic) bond motifs is 1. The number of para-hydroxylation sites is 1. The van der Waals surface area contributed by atoms with E-state index >= 15 is 0 Å². The lowest BCUT2D eigenvalue weighted by Crippen LogP contribution is -2.36. The molecule has 0 aliphatic rings. The SMILES string of the molecule is CC(Sc1nc2c([nH]1)c(=O)n(C)c(=O)n2C)C(=O)NN=Cc1ccccc1O. The van der Waals surface area contributed by atoms with Gasteiger partial charge in [0.25, 0.3) is 11.5 Å². The summed E-state index contributed by atoms with van der Waals surface area (Å²) in [6.07, 6.45) is 1.34. The number of aryl methyl sites for hydroxylation is 1. The number of aromatic nitrogens is 4. The van der Waals surface area contributed by atoms with Gasteiger partial charge in [-0.1, -0.05) is 23.9 Å². The number of nitrogens with zero attached hydrogens (tertiary/aromatic N) is 4. The van der Waals surface area contributed by atoms with Gasteiger partial charge in [0.1, 0.15) is 5.75 Å². The monoisotopic (exact) mass is 402 g/mol. The molecule has 3 aromatic rings. The van der Waals surface area contributed by atoms with Crippen LogP contribution in [0.1, 0.15) is 12.5 Å². The van der Waals surface area contributed by atoms with Gasteiger partial charge in [-0.2, -0.15) is 5.10 Å². The Kier molecular flexibility index (Phi) is 5.36. The maximum atomic E-state index is 12.2. The Hall–Kier alpha value is -3.34. The Labute approximate surface area is 162 Å². The van der Waals surface area contributed by atoms with E-state index in [0.717, 1.165) is 16.3 Å². The van der Waals surface area contributed by atoms with E-state index < -0.39 is 16.5 Å². The first-order chi connectivity index (χ1) is 13.3. The van der Waals surface area contributed by atoms with Crippen LogP contribution in [-0.4, -0.2) is 41.6 Å². The molecular weight excluding hydrogens is 384 g/mol. The number of carbonyl (C=O) groups excluding carboxylic acids is 1. The van der Waals surface area contributed by atoms with E-state index in [-0.39, 0.29) is 22.8 Å². The molecule has 1 unspecified atom stereocenters. The molecule has 0 spiro atoms. The van der Waals surface area contributed by atoms with Crippen molar-refractivity contribution in [3.63, 3.8) is 0 Å². The highest BCUT2D eigenvalue weighted by molar-refractivity contribution is 8.00. The van der Waals surface area contributed by atoms with Crippen molar-refractivity contribution >= 4 is 35.0 Å². The van der Waals surface area contributed by atoms with Crippen LogP contribution >= 0.6 is 11.8 Å². The van der Waals surface area contributed by atoms with Gasteiger partial charge >= 0.3 is 5.69 Å². The molecule has 28 heavy (non-hydrogen) atoms. The van der Waals surface area contributed by atoms with Gasteiger partial charge in [-0.15, -0.1) is 0 Å². The Morgan fingerprint density at radius 2 is 2.04 bits per heavy atom. The van der Waals surface area contributed by atoms with Crippen LogP contribution in [0.4, 0.5) is 0 Å². The summed E-state index contributed by atoms with van der Waals surface area (Å²) in [5, 5.41) is 13.2. The summed E-state index contributed by atoms with van der Waals surface area (Å²) in [4.78, 5) is 43.5. The van der Waals surface area contributed by atoms with Crippen LogP contribution in [0.2, 0.25) is 0 Å². The molecule has 2 aromatic heterocycles. The largest absolute Gasteiger partial charge is 0.507 e. The minimum Gasteiger partial charge on any atom is -0.507 e. The highest BCUT2D eigenvalue weighted by Crippen LogP contribution is 2.21. The highest BCUT2D eigenvalue weighted by atomic mass is 32.2. The van der Waals surface area contributed by atoms with E-state index in [2.05, 4.69) is 20.5 Å². The fourth-order valence-electron chi connectivity index (χ4n) is 2.43. The third kappa shape index (κ3) is 3.69. The van der Waals surface area contributed by atoms with Crippen LogP contribution in [0, 0.1) is 0 Å². The number of nitrogens with one attached hydrogen (secondary N) is 2. The molecule has 0 saturated heterocycles. The summed E-state index contributed by atoms with van der Waals surface area (Å²) in [5.74, 6) is -0.337. The molecule has 3 rings (SSSR count). The summed E-state index contributed by atoms with van der Waals surface area (Å²) < 4.78 is 2.25. The number of H-pyrrole nitrogens is 1. The van der Waals surface area contributed by atoms with Gasteiger partial charge in [0, 0.05) is 19.7 Å². The Balaban J connectivity index is 1.73. The van der Waals surface area contributed by atoms with Gasteiger partial charge < -0.3 is 10.1 Å². The zero-order valence-corrected chi connectivity index (χ0v) is 16.1. The number of thioether (sulfide) groups is 1. The van der Waals surface area contributed by atoms with E-state index in [1.54, 1.807) is 25.1 Å². The number of hydrogen-bond donors (Lipinski definition) is 3. The summed E-state index contributed by atoms with van der Waals surface area (Å²) in [6, 6.07) is 6.59. The zero-order chi connectivity index (χ0) is 20.4. The average Bonchev–Trinajstić information content (AvgIpc) is 3.10. The quantitative estimate of drug-likeness (QED) is 0.319. The predicted octanol–water partition coefficient (Wildman–Crippen LogP) is 0.297. The number of imidazole rings is 1. The van der Waals surface area contributed by atoms with E-state index in [4.69, 9.17) is 0 Å². The molecule has 11 heteroatoms. The van der Waals surface area contributed by atoms with Gasteiger partial charge in [0.2, 0.25) is 0 Å². The molecule has 2 heterocycles. The minimum atomic E-state index is -0.581. The van der Waals surface area contributed by atoms with E-state index in [1.807, 2.05) is 0 Å². The molecule has 1 atom stereocenters. The number of phenols is 1. The lowest BCUT2D eigenvalue weighted by Gasteiger charge is -2.06. The van der Waals surface area contributed by atoms with Crippen molar-refractivity contribution < 1.29 is 9.90 Å². The third-order valence-electron chi connectivity index (χ3n) is 4.05. The van der Waals surface area contributed by atoms with Gasteiger partial charge in [-0.05, 0) is 19.1 Å². The predicted molar refractivity (Wildman–Crippen MR) is 106 cm³/mol. The summed E-state index contributed by atoms with van der Waals surface area (Å²) in [6.45, 7) is 1.65. The van der Waals surface area contributed by atoms with Crippen LogP contribution in [0.5, 0.6) is 5.75 Å². The molecule has 0 radical (unpaired) electrons. The number of benzene rings is 1. The number of aromatic amines is 1. The second-order valence-corrected chi connectivity index (χ2v) is 7.33. The van der Waals surface area contributed by atoms with Gasteiger partial charge in [0.15, 0.2) is 16.3 Å². The topological polar surface area (TPSA) is 134 Å². The average molecular weight is 402 g/mol. The molecule has 1 amide bonds. The van der Waals surface area contributed by atoms with Crippen molar-refractivity contribution in [1.29, 1.82) is 0 Å². The molecule has 0 aliphatic heterocycles. The lowest BCUT2D eigenvalue weighted by atomic mass is 10.2. The number of aromatic hydroxyl groups is 1. The van der Waals surface area contributed by atoms with Crippen molar-refractivity contribution in [3.05, 3.63) is 50.7 Å². The maximum Gasteiger partial charge on any atom is 0.332 e. The lowest BCUT2D eigenvalue weighted by molar-refractivity contribution is -0.120. The number of hydrazone groups is 1. The Bertz CT molecular complexity index is 1190. The smallest absolute Gasteiger partial charge is 0.332 e. The Morgan fingerprint density at radius 1 is 1.32 bits per heavy atom.